The van der Waals surface area contributed by atoms with Crippen molar-refractivity contribution in [2.45, 2.75) is 6.92 Å². The molecule has 1 aromatic heterocycles. The molecule has 2 aromatic rings. The van der Waals surface area contributed by atoms with Crippen LogP contribution in [0.2, 0.25) is 0 Å². The van der Waals surface area contributed by atoms with Gasteiger partial charge in [-0.05, 0) is 41.1 Å². The molecule has 0 unspecified atom stereocenters. The third kappa shape index (κ3) is 2.57. The summed E-state index contributed by atoms with van der Waals surface area (Å²) in [5, 5.41) is 0. The van der Waals surface area contributed by atoms with Crippen molar-refractivity contribution in [3.63, 3.8) is 0 Å². The van der Waals surface area contributed by atoms with E-state index in [2.05, 4.69) is 31.3 Å². The van der Waals surface area contributed by atoms with Gasteiger partial charge in [-0.15, -0.1) is 0 Å². The van der Waals surface area contributed by atoms with E-state index in [1.165, 1.54) is 24.5 Å². The number of hydrogen-bond acceptors (Lipinski definition) is 5. The molecule has 0 bridgehead atoms. The van der Waals surface area contributed by atoms with Crippen molar-refractivity contribution in [1.82, 2.24) is 9.97 Å². The lowest BCUT2D eigenvalue weighted by Gasteiger charge is -2.10. The van der Waals surface area contributed by atoms with E-state index >= 15 is 0 Å². The number of hydrogen-bond donors (Lipinski definition) is 2. The minimum Gasteiger partial charge on any atom is -0.437 e. The van der Waals surface area contributed by atoms with Crippen molar-refractivity contribution < 1.29 is 9.13 Å². The molecule has 0 fully saturated rings. The molecule has 0 saturated carbocycles. The van der Waals surface area contributed by atoms with Gasteiger partial charge in [0.15, 0.2) is 0 Å². The topological polar surface area (TPSA) is 73.1 Å². The molecule has 7 heteroatoms. The molecule has 1 heterocycles. The number of benzene rings is 1. The second kappa shape index (κ2) is 5.28. The van der Waals surface area contributed by atoms with Crippen molar-refractivity contribution >= 4 is 21.7 Å². The van der Waals surface area contributed by atoms with Crippen molar-refractivity contribution in [1.29, 1.82) is 0 Å². The van der Waals surface area contributed by atoms with Gasteiger partial charge in [-0.3, -0.25) is 0 Å². The Morgan fingerprint density at radius 3 is 2.83 bits per heavy atom. The van der Waals surface area contributed by atoms with Crippen LogP contribution in [0.5, 0.6) is 11.6 Å². The Balaban J connectivity index is 2.34. The molecule has 0 aliphatic heterocycles. The van der Waals surface area contributed by atoms with Crippen molar-refractivity contribution in [2.24, 2.45) is 5.84 Å². The predicted molar refractivity (Wildman–Crippen MR) is 68.8 cm³/mol. The summed E-state index contributed by atoms with van der Waals surface area (Å²) in [5.41, 5.74) is 3.11. The molecule has 0 amide bonds. The Labute approximate surface area is 111 Å². The Hall–Kier alpha value is -1.73. The largest absolute Gasteiger partial charge is 0.437 e. The zero-order chi connectivity index (χ0) is 13.1. The van der Waals surface area contributed by atoms with E-state index in [0.717, 1.165) is 0 Å². The number of nitrogen functional groups attached to an aromatic ring is 1. The summed E-state index contributed by atoms with van der Waals surface area (Å²) in [5.74, 6) is 6.24. The number of nitrogens with zero attached hydrogens (tertiary/aromatic N) is 2. The van der Waals surface area contributed by atoms with E-state index in [1.54, 1.807) is 6.92 Å². The lowest BCUT2D eigenvalue weighted by atomic mass is 10.3. The molecule has 5 nitrogen and oxygen atoms in total. The quantitative estimate of drug-likeness (QED) is 0.673. The van der Waals surface area contributed by atoms with Crippen LogP contribution in [-0.2, 0) is 0 Å². The second-order valence-electron chi connectivity index (χ2n) is 3.47. The first-order chi connectivity index (χ1) is 8.61. The van der Waals surface area contributed by atoms with Crippen molar-refractivity contribution in [3.05, 3.63) is 40.4 Å². The van der Waals surface area contributed by atoms with Gasteiger partial charge in [0.25, 0.3) is 0 Å². The average Bonchev–Trinajstić information content (AvgIpc) is 2.35. The van der Waals surface area contributed by atoms with E-state index in [1.807, 2.05) is 0 Å². The third-order valence-corrected chi connectivity index (χ3v) is 2.89. The average molecular weight is 313 g/mol. The van der Waals surface area contributed by atoms with Crippen molar-refractivity contribution in [2.75, 3.05) is 5.43 Å². The molecule has 0 spiro atoms. The molecule has 1 aromatic carbocycles. The van der Waals surface area contributed by atoms with Gasteiger partial charge in [0.05, 0.1) is 10.0 Å². The van der Waals surface area contributed by atoms with Gasteiger partial charge in [-0.1, -0.05) is 0 Å². The number of anilines is 1. The number of ether oxygens (including phenoxy) is 1. The summed E-state index contributed by atoms with van der Waals surface area (Å²) in [7, 11) is 0. The van der Waals surface area contributed by atoms with Gasteiger partial charge in [0.2, 0.25) is 5.88 Å². The Bertz CT molecular complexity index is 579. The predicted octanol–water partition coefficient (Wildman–Crippen LogP) is 2.76. The fourth-order valence-corrected chi connectivity index (χ4v) is 1.78. The smallest absolute Gasteiger partial charge is 0.227 e. The summed E-state index contributed by atoms with van der Waals surface area (Å²) in [6.07, 6.45) is 1.33. The standard InChI is InChI=1S/C11H10BrFN4O/c1-6-10(17-14)15-5-16-11(6)18-9-3-2-7(13)4-8(9)12/h2-5H,14H2,1H3,(H,15,16,17). The van der Waals surface area contributed by atoms with E-state index in [0.29, 0.717) is 27.5 Å². The van der Waals surface area contributed by atoms with E-state index in [9.17, 15) is 4.39 Å². The van der Waals surface area contributed by atoms with Crippen LogP contribution in [0.1, 0.15) is 5.56 Å². The normalized spacial score (nSPS) is 10.2. The number of aromatic nitrogens is 2. The highest BCUT2D eigenvalue weighted by atomic mass is 79.9. The first-order valence-electron chi connectivity index (χ1n) is 5.03. The molecule has 2 rings (SSSR count). The van der Waals surface area contributed by atoms with Crippen LogP contribution >= 0.6 is 15.9 Å². The third-order valence-electron chi connectivity index (χ3n) is 2.28. The molecule has 0 aliphatic carbocycles. The lowest BCUT2D eigenvalue weighted by Crippen LogP contribution is -2.11. The summed E-state index contributed by atoms with van der Waals surface area (Å²) < 4.78 is 19.0. The van der Waals surface area contributed by atoms with Crippen LogP contribution in [0.15, 0.2) is 29.0 Å². The number of nitrogens with one attached hydrogen (secondary N) is 1. The number of hydrazine groups is 1. The minimum absolute atomic E-state index is 0.349. The molecule has 0 saturated heterocycles. The molecular weight excluding hydrogens is 303 g/mol. The Kier molecular flexibility index (Phi) is 3.73. The number of halogens is 2. The zero-order valence-corrected chi connectivity index (χ0v) is 11.0. The highest BCUT2D eigenvalue weighted by Gasteiger charge is 2.10. The number of nitrogens with two attached hydrogens (primary N) is 1. The van der Waals surface area contributed by atoms with Gasteiger partial charge < -0.3 is 10.2 Å². The molecule has 0 atom stereocenters. The molecular formula is C11H10BrFN4O. The van der Waals surface area contributed by atoms with Crippen LogP contribution in [-0.4, -0.2) is 9.97 Å². The monoisotopic (exact) mass is 312 g/mol. The summed E-state index contributed by atoms with van der Waals surface area (Å²) >= 11 is 3.22. The number of rotatable bonds is 3. The van der Waals surface area contributed by atoms with Crippen LogP contribution in [0, 0.1) is 12.7 Å². The van der Waals surface area contributed by atoms with E-state index < -0.39 is 0 Å². The fraction of sp³-hybridized carbons (Fsp3) is 0.0909. The summed E-state index contributed by atoms with van der Waals surface area (Å²) in [4.78, 5) is 7.94. The molecule has 18 heavy (non-hydrogen) atoms. The van der Waals surface area contributed by atoms with Gasteiger partial charge in [-0.25, -0.2) is 20.2 Å². The maximum Gasteiger partial charge on any atom is 0.227 e. The molecule has 0 aliphatic rings. The maximum atomic E-state index is 12.9. The zero-order valence-electron chi connectivity index (χ0n) is 9.45. The van der Waals surface area contributed by atoms with Gasteiger partial charge in [-0.2, -0.15) is 0 Å². The maximum absolute atomic E-state index is 12.9. The van der Waals surface area contributed by atoms with Gasteiger partial charge in [0.1, 0.15) is 23.7 Å². The SMILES string of the molecule is Cc1c(NN)ncnc1Oc1ccc(F)cc1Br. The molecule has 94 valence electrons. The highest BCUT2D eigenvalue weighted by molar-refractivity contribution is 9.10. The first-order valence-corrected chi connectivity index (χ1v) is 5.82. The molecule has 3 N–H and O–H groups in total. The molecule has 0 radical (unpaired) electrons. The fourth-order valence-electron chi connectivity index (χ4n) is 1.34. The van der Waals surface area contributed by atoms with E-state index in [-0.39, 0.29) is 5.82 Å². The lowest BCUT2D eigenvalue weighted by molar-refractivity contribution is 0.453. The second-order valence-corrected chi connectivity index (χ2v) is 4.33. The van der Waals surface area contributed by atoms with Crippen molar-refractivity contribution in [3.8, 4) is 11.6 Å². The Morgan fingerprint density at radius 2 is 2.17 bits per heavy atom. The summed E-state index contributed by atoms with van der Waals surface area (Å²) in [6.45, 7) is 1.77. The highest BCUT2D eigenvalue weighted by Crippen LogP contribution is 2.31. The van der Waals surface area contributed by atoms with Gasteiger partial charge >= 0.3 is 0 Å². The van der Waals surface area contributed by atoms with Gasteiger partial charge in [0, 0.05) is 0 Å². The van der Waals surface area contributed by atoms with Crippen LogP contribution in [0.25, 0.3) is 0 Å². The Morgan fingerprint density at radius 1 is 1.39 bits per heavy atom. The first kappa shape index (κ1) is 12.7. The van der Waals surface area contributed by atoms with Crippen LogP contribution in [0.4, 0.5) is 10.2 Å². The van der Waals surface area contributed by atoms with Crippen LogP contribution in [0.3, 0.4) is 0 Å². The van der Waals surface area contributed by atoms with E-state index in [4.69, 9.17) is 10.6 Å². The summed E-state index contributed by atoms with van der Waals surface area (Å²) in [6, 6.07) is 4.13. The van der Waals surface area contributed by atoms with Crippen LogP contribution < -0.4 is 16.0 Å². The minimum atomic E-state index is -0.349.